The number of thioether (sulfide) groups is 1. The van der Waals surface area contributed by atoms with Gasteiger partial charge in [0.05, 0.1) is 6.61 Å². The first-order valence-electron chi connectivity index (χ1n) is 5.27. The van der Waals surface area contributed by atoms with Crippen molar-refractivity contribution in [1.82, 2.24) is 4.90 Å². The lowest BCUT2D eigenvalue weighted by atomic mass is 10.1. The Kier molecular flexibility index (Phi) is 5.83. The monoisotopic (exact) mass is 203 g/mol. The van der Waals surface area contributed by atoms with E-state index in [1.165, 1.54) is 44.6 Å². The van der Waals surface area contributed by atoms with Crippen molar-refractivity contribution in [3.63, 3.8) is 0 Å². The Morgan fingerprint density at radius 2 is 2.00 bits per heavy atom. The maximum Gasteiger partial charge on any atom is 0.0547 e. The molecule has 0 saturated carbocycles. The molecule has 0 radical (unpaired) electrons. The molecule has 1 atom stereocenters. The van der Waals surface area contributed by atoms with Gasteiger partial charge >= 0.3 is 0 Å². The molecule has 3 heteroatoms. The first-order valence-corrected chi connectivity index (χ1v) is 6.32. The van der Waals surface area contributed by atoms with E-state index in [-0.39, 0.29) is 0 Å². The second kappa shape index (κ2) is 6.68. The van der Waals surface area contributed by atoms with Gasteiger partial charge in [-0.05, 0) is 25.9 Å². The van der Waals surface area contributed by atoms with Gasteiger partial charge in [-0.3, -0.25) is 0 Å². The summed E-state index contributed by atoms with van der Waals surface area (Å²) in [6.45, 7) is 6.17. The Hall–Kier alpha value is 0.270. The van der Waals surface area contributed by atoms with E-state index >= 15 is 0 Å². The van der Waals surface area contributed by atoms with Gasteiger partial charge in [0.15, 0.2) is 0 Å². The summed E-state index contributed by atoms with van der Waals surface area (Å²) in [5, 5.41) is 9.24. The Labute approximate surface area is 85.7 Å². The van der Waals surface area contributed by atoms with Gasteiger partial charge in [0.1, 0.15) is 0 Å². The van der Waals surface area contributed by atoms with Gasteiger partial charge in [-0.15, -0.1) is 0 Å². The quantitative estimate of drug-likeness (QED) is 0.734. The summed E-state index contributed by atoms with van der Waals surface area (Å²) in [6, 6.07) is 0. The molecule has 1 aliphatic heterocycles. The summed E-state index contributed by atoms with van der Waals surface area (Å²) in [6.07, 6.45) is 4.16. The number of aliphatic hydroxyl groups is 1. The van der Waals surface area contributed by atoms with Crippen molar-refractivity contribution in [2.45, 2.75) is 31.4 Å². The molecule has 0 aromatic heterocycles. The molecule has 0 bridgehead atoms. The van der Waals surface area contributed by atoms with Crippen molar-refractivity contribution >= 4 is 11.8 Å². The zero-order valence-corrected chi connectivity index (χ0v) is 9.35. The fraction of sp³-hybridized carbons (Fsp3) is 1.00. The molecule has 1 fully saturated rings. The fourth-order valence-corrected chi connectivity index (χ4v) is 2.49. The molecule has 1 N–H and O–H groups in total. The number of rotatable bonds is 5. The van der Waals surface area contributed by atoms with Crippen molar-refractivity contribution in [2.75, 3.05) is 32.0 Å². The normalized spacial score (nSPS) is 21.7. The van der Waals surface area contributed by atoms with Crippen LogP contribution in [0.15, 0.2) is 0 Å². The van der Waals surface area contributed by atoms with E-state index < -0.39 is 0 Å². The number of nitrogens with zero attached hydrogens (tertiary/aromatic N) is 1. The van der Waals surface area contributed by atoms with Gasteiger partial charge in [0, 0.05) is 17.5 Å². The lowest BCUT2D eigenvalue weighted by molar-refractivity contribution is 0.242. The summed E-state index contributed by atoms with van der Waals surface area (Å²) in [5.41, 5.74) is 0. The van der Waals surface area contributed by atoms with Crippen LogP contribution in [0.3, 0.4) is 0 Å². The van der Waals surface area contributed by atoms with E-state index in [9.17, 15) is 0 Å². The van der Waals surface area contributed by atoms with Crippen molar-refractivity contribution < 1.29 is 5.11 Å². The van der Waals surface area contributed by atoms with E-state index in [1.54, 1.807) is 0 Å². The third-order valence-corrected chi connectivity index (χ3v) is 3.65. The zero-order valence-electron chi connectivity index (χ0n) is 8.54. The summed E-state index contributed by atoms with van der Waals surface area (Å²) in [4.78, 5) is 2.54. The third-order valence-electron chi connectivity index (χ3n) is 2.52. The molecule has 0 amide bonds. The average Bonchev–Trinajstić information content (AvgIpc) is 2.19. The standard InChI is InChI=1S/C10H21NOS/c1-10(9-12)13-8-7-11-5-3-2-4-6-11/h10,12H,2-9H2,1H3. The number of hydrogen-bond donors (Lipinski definition) is 1. The number of aliphatic hydroxyl groups excluding tert-OH is 1. The van der Waals surface area contributed by atoms with Crippen LogP contribution in [0.1, 0.15) is 26.2 Å². The fourth-order valence-electron chi connectivity index (χ4n) is 1.62. The minimum Gasteiger partial charge on any atom is -0.395 e. The van der Waals surface area contributed by atoms with Crippen molar-refractivity contribution in [3.8, 4) is 0 Å². The molecule has 1 saturated heterocycles. The van der Waals surface area contributed by atoms with E-state index in [4.69, 9.17) is 5.11 Å². The number of hydrogen-bond acceptors (Lipinski definition) is 3. The minimum absolute atomic E-state index is 0.310. The minimum atomic E-state index is 0.310. The van der Waals surface area contributed by atoms with Gasteiger partial charge in [-0.25, -0.2) is 0 Å². The van der Waals surface area contributed by atoms with Crippen molar-refractivity contribution in [1.29, 1.82) is 0 Å². The zero-order chi connectivity index (χ0) is 9.52. The van der Waals surface area contributed by atoms with Gasteiger partial charge < -0.3 is 10.0 Å². The van der Waals surface area contributed by atoms with E-state index in [1.807, 2.05) is 11.8 Å². The summed E-state index contributed by atoms with van der Waals surface area (Å²) < 4.78 is 0. The molecule has 0 aromatic rings. The summed E-state index contributed by atoms with van der Waals surface area (Å²) in [7, 11) is 0. The molecule has 0 aliphatic carbocycles. The predicted octanol–water partition coefficient (Wildman–Crippen LogP) is 1.59. The largest absolute Gasteiger partial charge is 0.395 e. The average molecular weight is 203 g/mol. The summed E-state index contributed by atoms with van der Waals surface area (Å²) >= 11 is 1.88. The highest BCUT2D eigenvalue weighted by Gasteiger charge is 2.09. The van der Waals surface area contributed by atoms with E-state index in [2.05, 4.69) is 11.8 Å². The Morgan fingerprint density at radius 3 is 2.62 bits per heavy atom. The molecule has 1 rings (SSSR count). The van der Waals surface area contributed by atoms with Crippen LogP contribution in [0.4, 0.5) is 0 Å². The molecule has 0 aromatic carbocycles. The Morgan fingerprint density at radius 1 is 1.31 bits per heavy atom. The van der Waals surface area contributed by atoms with Gasteiger partial charge in [-0.1, -0.05) is 13.3 Å². The molecule has 1 unspecified atom stereocenters. The van der Waals surface area contributed by atoms with Crippen LogP contribution in [0.25, 0.3) is 0 Å². The molecule has 78 valence electrons. The first-order chi connectivity index (χ1) is 6.33. The number of likely N-dealkylation sites (tertiary alicyclic amines) is 1. The Bertz CT molecular complexity index is 126. The molecular weight excluding hydrogens is 182 g/mol. The van der Waals surface area contributed by atoms with E-state index in [0.717, 1.165) is 0 Å². The SMILES string of the molecule is CC(CO)SCCN1CCCCC1. The lowest BCUT2D eigenvalue weighted by Gasteiger charge is -2.26. The van der Waals surface area contributed by atoms with Crippen LogP contribution in [-0.4, -0.2) is 47.3 Å². The van der Waals surface area contributed by atoms with Crippen LogP contribution in [0, 0.1) is 0 Å². The molecule has 2 nitrogen and oxygen atoms in total. The van der Waals surface area contributed by atoms with Crippen molar-refractivity contribution in [2.24, 2.45) is 0 Å². The third kappa shape index (κ3) is 4.89. The van der Waals surface area contributed by atoms with Crippen molar-refractivity contribution in [3.05, 3.63) is 0 Å². The highest BCUT2D eigenvalue weighted by Crippen LogP contribution is 2.12. The van der Waals surface area contributed by atoms with Gasteiger partial charge in [0.2, 0.25) is 0 Å². The van der Waals surface area contributed by atoms with Crippen LogP contribution in [-0.2, 0) is 0 Å². The lowest BCUT2D eigenvalue weighted by Crippen LogP contribution is -2.31. The summed E-state index contributed by atoms with van der Waals surface area (Å²) in [5.74, 6) is 1.17. The van der Waals surface area contributed by atoms with Crippen LogP contribution >= 0.6 is 11.8 Å². The number of piperidine rings is 1. The van der Waals surface area contributed by atoms with Gasteiger partial charge in [0.25, 0.3) is 0 Å². The maximum absolute atomic E-state index is 8.84. The molecule has 1 aliphatic rings. The molecular formula is C10H21NOS. The topological polar surface area (TPSA) is 23.5 Å². The predicted molar refractivity (Wildman–Crippen MR) is 59.3 cm³/mol. The highest BCUT2D eigenvalue weighted by molar-refractivity contribution is 7.99. The first kappa shape index (κ1) is 11.3. The van der Waals surface area contributed by atoms with E-state index in [0.29, 0.717) is 11.9 Å². The smallest absolute Gasteiger partial charge is 0.0547 e. The maximum atomic E-state index is 8.84. The molecule has 13 heavy (non-hydrogen) atoms. The van der Waals surface area contributed by atoms with Crippen LogP contribution in [0.5, 0.6) is 0 Å². The molecule has 0 spiro atoms. The highest BCUT2D eigenvalue weighted by atomic mass is 32.2. The van der Waals surface area contributed by atoms with Gasteiger partial charge in [-0.2, -0.15) is 11.8 Å². The van der Waals surface area contributed by atoms with Crippen LogP contribution < -0.4 is 0 Å². The second-order valence-electron chi connectivity index (χ2n) is 3.77. The second-order valence-corrected chi connectivity index (χ2v) is 5.31. The Balaban J connectivity index is 1.98. The molecule has 1 heterocycles. The van der Waals surface area contributed by atoms with Crippen LogP contribution in [0.2, 0.25) is 0 Å².